The van der Waals surface area contributed by atoms with Gasteiger partial charge in [-0.1, -0.05) is 18.2 Å². The first-order valence-electron chi connectivity index (χ1n) is 13.3. The van der Waals surface area contributed by atoms with Crippen LogP contribution in [0.25, 0.3) is 10.9 Å². The number of nitrogens with zero attached hydrogens (tertiary/aromatic N) is 3. The summed E-state index contributed by atoms with van der Waals surface area (Å²) in [6.45, 7) is 4.23. The molecular formula is C27H38N6O4. The fourth-order valence-electron chi connectivity index (χ4n) is 5.70. The van der Waals surface area contributed by atoms with Gasteiger partial charge in [-0.05, 0) is 63.0 Å². The Bertz CT molecular complexity index is 1160. The van der Waals surface area contributed by atoms with Crippen LogP contribution >= 0.6 is 0 Å². The third-order valence-electron chi connectivity index (χ3n) is 7.57. The lowest BCUT2D eigenvalue weighted by Gasteiger charge is -2.34. The van der Waals surface area contributed by atoms with Crippen LogP contribution in [0.2, 0.25) is 0 Å². The van der Waals surface area contributed by atoms with Crippen molar-refractivity contribution in [2.75, 3.05) is 19.6 Å². The van der Waals surface area contributed by atoms with Crippen molar-refractivity contribution in [3.63, 3.8) is 0 Å². The molecule has 200 valence electrons. The summed E-state index contributed by atoms with van der Waals surface area (Å²) in [6, 6.07) is 8.93. The van der Waals surface area contributed by atoms with Crippen LogP contribution in [0.3, 0.4) is 0 Å². The lowest BCUT2D eigenvalue weighted by molar-refractivity contribution is -0.145. The molecule has 37 heavy (non-hydrogen) atoms. The fourth-order valence-corrected chi connectivity index (χ4v) is 5.70. The molecule has 0 saturated carbocycles. The van der Waals surface area contributed by atoms with Crippen molar-refractivity contribution in [2.45, 2.75) is 76.5 Å². The SMILES string of the molecule is CCn1c(CC[C@@H]2CCCN2C(=O)CN2CCC[C@H](NC(=O)[C@@H](N)CC(N)=O)C2=O)cc2ccccc21. The van der Waals surface area contributed by atoms with E-state index in [0.29, 0.717) is 25.9 Å². The molecule has 0 spiro atoms. The van der Waals surface area contributed by atoms with Gasteiger partial charge < -0.3 is 31.2 Å². The normalized spacial score (nSPS) is 20.9. The molecule has 1 aromatic carbocycles. The van der Waals surface area contributed by atoms with Crippen molar-refractivity contribution in [3.05, 3.63) is 36.0 Å². The van der Waals surface area contributed by atoms with E-state index in [9.17, 15) is 19.2 Å². The van der Waals surface area contributed by atoms with Crippen molar-refractivity contribution in [1.29, 1.82) is 0 Å². The van der Waals surface area contributed by atoms with E-state index >= 15 is 0 Å². The van der Waals surface area contributed by atoms with Gasteiger partial charge in [0.1, 0.15) is 6.04 Å². The third-order valence-corrected chi connectivity index (χ3v) is 7.57. The minimum absolute atomic E-state index is 0.00423. The number of carbonyl (C=O) groups excluding carboxylic acids is 4. The van der Waals surface area contributed by atoms with E-state index in [-0.39, 0.29) is 30.8 Å². The standard InChI is InChI=1S/C27H38N6O4/c1-2-32-20(15-18-7-3-4-10-23(18)32)12-11-19-8-5-14-33(19)25(35)17-31-13-6-9-22(27(31)37)30-26(36)21(28)16-24(29)34/h3-4,7,10,15,19,21-22H,2,5-6,8-9,11-14,16-17,28H2,1H3,(H2,29,34)(H,30,36)/t19-,21-,22-/m0/s1. The number of nitrogens with two attached hydrogens (primary N) is 2. The molecule has 0 bridgehead atoms. The van der Waals surface area contributed by atoms with Crippen LogP contribution in [-0.4, -0.2) is 75.8 Å². The summed E-state index contributed by atoms with van der Waals surface area (Å²) >= 11 is 0. The summed E-state index contributed by atoms with van der Waals surface area (Å²) in [5.41, 5.74) is 13.3. The Morgan fingerprint density at radius 3 is 2.65 bits per heavy atom. The quantitative estimate of drug-likeness (QED) is 0.435. The maximum absolute atomic E-state index is 13.3. The molecule has 2 aromatic rings. The molecule has 2 aliphatic rings. The van der Waals surface area contributed by atoms with Crippen LogP contribution in [0, 0.1) is 0 Å². The van der Waals surface area contributed by atoms with Gasteiger partial charge in [0, 0.05) is 36.9 Å². The van der Waals surface area contributed by atoms with Crippen molar-refractivity contribution >= 4 is 34.5 Å². The second-order valence-corrected chi connectivity index (χ2v) is 10.1. The van der Waals surface area contributed by atoms with E-state index in [1.54, 1.807) is 0 Å². The number of nitrogens with one attached hydrogen (secondary N) is 1. The Balaban J connectivity index is 1.34. The average molecular weight is 511 g/mol. The van der Waals surface area contributed by atoms with Crippen LogP contribution in [-0.2, 0) is 32.1 Å². The van der Waals surface area contributed by atoms with Gasteiger partial charge in [-0.2, -0.15) is 0 Å². The van der Waals surface area contributed by atoms with Gasteiger partial charge in [-0.25, -0.2) is 0 Å². The molecular weight excluding hydrogens is 472 g/mol. The summed E-state index contributed by atoms with van der Waals surface area (Å²) < 4.78 is 2.34. The molecule has 0 radical (unpaired) electrons. The molecule has 10 heteroatoms. The molecule has 5 N–H and O–H groups in total. The Morgan fingerprint density at radius 1 is 1.14 bits per heavy atom. The molecule has 1 aromatic heterocycles. The largest absolute Gasteiger partial charge is 0.370 e. The molecule has 3 heterocycles. The minimum atomic E-state index is -1.10. The topological polar surface area (TPSA) is 144 Å². The molecule has 2 fully saturated rings. The van der Waals surface area contributed by atoms with Gasteiger partial charge in [0.2, 0.25) is 23.6 Å². The highest BCUT2D eigenvalue weighted by Gasteiger charge is 2.35. The lowest BCUT2D eigenvalue weighted by Crippen LogP contribution is -2.57. The Kier molecular flexibility index (Phi) is 8.48. The summed E-state index contributed by atoms with van der Waals surface area (Å²) in [6.07, 6.45) is 4.53. The molecule has 4 rings (SSSR count). The first-order valence-corrected chi connectivity index (χ1v) is 13.3. The lowest BCUT2D eigenvalue weighted by atomic mass is 10.0. The number of hydrogen-bond donors (Lipinski definition) is 3. The van der Waals surface area contributed by atoms with Gasteiger partial charge in [0.15, 0.2) is 0 Å². The number of amides is 4. The van der Waals surface area contributed by atoms with Gasteiger partial charge in [-0.15, -0.1) is 0 Å². The van der Waals surface area contributed by atoms with E-state index in [1.807, 2.05) is 4.90 Å². The number of benzene rings is 1. The summed E-state index contributed by atoms with van der Waals surface area (Å²) in [5.74, 6) is -1.61. The zero-order valence-electron chi connectivity index (χ0n) is 21.5. The number of fused-ring (bicyclic) bond motifs is 1. The predicted molar refractivity (Wildman–Crippen MR) is 140 cm³/mol. The molecule has 2 aliphatic heterocycles. The number of rotatable bonds is 10. The second kappa shape index (κ2) is 11.8. The zero-order valence-corrected chi connectivity index (χ0v) is 21.5. The molecule has 10 nitrogen and oxygen atoms in total. The number of piperidine rings is 1. The number of para-hydroxylation sites is 1. The van der Waals surface area contributed by atoms with Crippen LogP contribution in [0.1, 0.15) is 51.1 Å². The minimum Gasteiger partial charge on any atom is -0.370 e. The van der Waals surface area contributed by atoms with E-state index in [4.69, 9.17) is 11.5 Å². The van der Waals surface area contributed by atoms with Gasteiger partial charge in [0.25, 0.3) is 0 Å². The van der Waals surface area contributed by atoms with Crippen molar-refractivity contribution in [3.8, 4) is 0 Å². The summed E-state index contributed by atoms with van der Waals surface area (Å²) in [4.78, 5) is 53.1. The third kappa shape index (κ3) is 6.12. The molecule has 0 aliphatic carbocycles. The smallest absolute Gasteiger partial charge is 0.245 e. The highest BCUT2D eigenvalue weighted by Crippen LogP contribution is 2.26. The maximum Gasteiger partial charge on any atom is 0.245 e. The Morgan fingerprint density at radius 2 is 1.89 bits per heavy atom. The van der Waals surface area contributed by atoms with Crippen LogP contribution in [0.4, 0.5) is 0 Å². The Labute approximate surface area is 217 Å². The Hall–Kier alpha value is -3.40. The number of hydrogen-bond acceptors (Lipinski definition) is 5. The van der Waals surface area contributed by atoms with E-state index in [1.165, 1.54) is 21.5 Å². The van der Waals surface area contributed by atoms with Crippen molar-refractivity contribution in [1.82, 2.24) is 19.7 Å². The summed E-state index contributed by atoms with van der Waals surface area (Å²) in [5, 5.41) is 3.86. The number of aryl methyl sites for hydroxylation is 2. The highest BCUT2D eigenvalue weighted by molar-refractivity contribution is 5.93. The number of carbonyl (C=O) groups is 4. The number of primary amides is 1. The zero-order chi connectivity index (χ0) is 26.5. The molecule has 3 atom stereocenters. The van der Waals surface area contributed by atoms with Crippen molar-refractivity contribution < 1.29 is 19.2 Å². The number of likely N-dealkylation sites (tertiary alicyclic amines) is 2. The maximum atomic E-state index is 13.3. The number of aromatic nitrogens is 1. The van der Waals surface area contributed by atoms with Gasteiger partial charge in [-0.3, -0.25) is 19.2 Å². The molecule has 2 saturated heterocycles. The second-order valence-electron chi connectivity index (χ2n) is 10.1. The van der Waals surface area contributed by atoms with E-state index in [2.05, 4.69) is 47.1 Å². The van der Waals surface area contributed by atoms with Crippen LogP contribution in [0.15, 0.2) is 30.3 Å². The van der Waals surface area contributed by atoms with E-state index < -0.39 is 23.9 Å². The molecule has 4 amide bonds. The summed E-state index contributed by atoms with van der Waals surface area (Å²) in [7, 11) is 0. The van der Waals surface area contributed by atoms with Gasteiger partial charge >= 0.3 is 0 Å². The first-order chi connectivity index (χ1) is 17.8. The first kappa shape index (κ1) is 26.7. The average Bonchev–Trinajstić information content (AvgIpc) is 3.48. The molecule has 0 unspecified atom stereocenters. The van der Waals surface area contributed by atoms with Crippen LogP contribution < -0.4 is 16.8 Å². The van der Waals surface area contributed by atoms with Crippen LogP contribution in [0.5, 0.6) is 0 Å². The fraction of sp³-hybridized carbons (Fsp3) is 0.556. The van der Waals surface area contributed by atoms with Crippen molar-refractivity contribution in [2.24, 2.45) is 11.5 Å². The van der Waals surface area contributed by atoms with E-state index in [0.717, 1.165) is 32.2 Å². The van der Waals surface area contributed by atoms with Gasteiger partial charge in [0.05, 0.1) is 19.0 Å². The predicted octanol–water partition coefficient (Wildman–Crippen LogP) is 0.895. The monoisotopic (exact) mass is 510 g/mol. The highest BCUT2D eigenvalue weighted by atomic mass is 16.2.